The second kappa shape index (κ2) is 4.07. The van der Waals surface area contributed by atoms with Gasteiger partial charge in [0.1, 0.15) is 0 Å². The molecule has 2 N–H and O–H groups in total. The maximum Gasteiger partial charge on any atom is 0.258 e. The van der Waals surface area contributed by atoms with Crippen molar-refractivity contribution in [1.82, 2.24) is 4.90 Å². The second-order valence-electron chi connectivity index (χ2n) is 4.51. The van der Waals surface area contributed by atoms with E-state index >= 15 is 0 Å². The largest absolute Gasteiger partial charge is 0.452 e. The van der Waals surface area contributed by atoms with Crippen LogP contribution in [0, 0.1) is 5.41 Å². The second-order valence-corrected chi connectivity index (χ2v) is 4.85. The van der Waals surface area contributed by atoms with Gasteiger partial charge in [-0.15, -0.1) is 0 Å². The predicted molar refractivity (Wildman–Crippen MR) is 61.5 cm³/mol. The van der Waals surface area contributed by atoms with E-state index in [-0.39, 0.29) is 17.0 Å². The molecule has 5 nitrogen and oxygen atoms in total. The molecule has 1 aromatic rings. The molecule has 92 valence electrons. The summed E-state index contributed by atoms with van der Waals surface area (Å²) in [5, 5.41) is 0.0719. The summed E-state index contributed by atoms with van der Waals surface area (Å²) in [6, 6.07) is 1.52. The summed E-state index contributed by atoms with van der Waals surface area (Å²) in [6.07, 6.45) is 1.93. The van der Waals surface area contributed by atoms with Gasteiger partial charge in [0.2, 0.25) is 11.1 Å². The van der Waals surface area contributed by atoms with E-state index in [2.05, 4.69) is 0 Å². The number of halogens is 1. The van der Waals surface area contributed by atoms with Gasteiger partial charge >= 0.3 is 0 Å². The van der Waals surface area contributed by atoms with Crippen LogP contribution >= 0.6 is 11.6 Å². The molecule has 1 aliphatic rings. The smallest absolute Gasteiger partial charge is 0.258 e. The Labute approximate surface area is 104 Å². The van der Waals surface area contributed by atoms with E-state index in [1.165, 1.54) is 12.3 Å². The van der Waals surface area contributed by atoms with Crippen LogP contribution in [0.4, 0.5) is 0 Å². The van der Waals surface area contributed by atoms with E-state index in [1.807, 2.05) is 0 Å². The summed E-state index contributed by atoms with van der Waals surface area (Å²) in [6.45, 7) is 2.59. The number of carbonyl (C=O) groups is 2. The molecule has 0 saturated carbocycles. The number of furan rings is 1. The highest BCUT2D eigenvalue weighted by molar-refractivity contribution is 6.32. The van der Waals surface area contributed by atoms with Crippen LogP contribution in [0.3, 0.4) is 0 Å². The molecule has 2 rings (SSSR count). The number of nitrogens with zero attached hydrogens (tertiary/aromatic N) is 1. The topological polar surface area (TPSA) is 76.5 Å². The SMILES string of the molecule is CC1(C(N)=O)CCN(C(=O)c2ccoc2Cl)C1. The van der Waals surface area contributed by atoms with Crippen LogP contribution < -0.4 is 5.73 Å². The molecule has 0 bridgehead atoms. The molecule has 0 spiro atoms. The molecule has 0 aromatic carbocycles. The predicted octanol–water partition coefficient (Wildman–Crippen LogP) is 1.27. The lowest BCUT2D eigenvalue weighted by molar-refractivity contribution is -0.126. The van der Waals surface area contributed by atoms with Crippen molar-refractivity contribution in [2.24, 2.45) is 11.1 Å². The average Bonchev–Trinajstić information content (AvgIpc) is 2.85. The first kappa shape index (κ1) is 12.0. The van der Waals surface area contributed by atoms with Crippen molar-refractivity contribution < 1.29 is 14.0 Å². The lowest BCUT2D eigenvalue weighted by atomic mass is 9.89. The number of hydrogen-bond acceptors (Lipinski definition) is 3. The molecule has 0 aliphatic carbocycles. The van der Waals surface area contributed by atoms with Crippen LogP contribution in [0.15, 0.2) is 16.7 Å². The van der Waals surface area contributed by atoms with Crippen molar-refractivity contribution in [2.75, 3.05) is 13.1 Å². The molecule has 2 amide bonds. The zero-order chi connectivity index (χ0) is 12.6. The highest BCUT2D eigenvalue weighted by Gasteiger charge is 2.41. The Kier molecular flexibility index (Phi) is 2.87. The van der Waals surface area contributed by atoms with E-state index in [1.54, 1.807) is 11.8 Å². The highest BCUT2D eigenvalue weighted by atomic mass is 35.5. The minimum absolute atomic E-state index is 0.0719. The molecule has 1 atom stereocenters. The highest BCUT2D eigenvalue weighted by Crippen LogP contribution is 2.31. The van der Waals surface area contributed by atoms with E-state index in [0.29, 0.717) is 25.1 Å². The zero-order valence-electron chi connectivity index (χ0n) is 9.40. The van der Waals surface area contributed by atoms with Crippen LogP contribution in [0.25, 0.3) is 0 Å². The van der Waals surface area contributed by atoms with Crippen LogP contribution in [-0.2, 0) is 4.79 Å². The number of carbonyl (C=O) groups excluding carboxylic acids is 2. The normalized spacial score (nSPS) is 24.0. The minimum atomic E-state index is -0.647. The van der Waals surface area contributed by atoms with Gasteiger partial charge in [-0.05, 0) is 31.0 Å². The van der Waals surface area contributed by atoms with Gasteiger partial charge < -0.3 is 15.1 Å². The molecule has 6 heteroatoms. The van der Waals surface area contributed by atoms with Crippen LogP contribution in [0.5, 0.6) is 0 Å². The summed E-state index contributed by atoms with van der Waals surface area (Å²) in [5.41, 5.74) is 4.99. The molecule has 1 fully saturated rings. The maximum atomic E-state index is 12.1. The van der Waals surface area contributed by atoms with E-state index < -0.39 is 5.41 Å². The first-order valence-electron chi connectivity index (χ1n) is 5.26. The van der Waals surface area contributed by atoms with Gasteiger partial charge in [0.15, 0.2) is 0 Å². The van der Waals surface area contributed by atoms with Gasteiger partial charge in [0.25, 0.3) is 5.91 Å². The third-order valence-electron chi connectivity index (χ3n) is 3.20. The summed E-state index contributed by atoms with van der Waals surface area (Å²) in [7, 11) is 0. The van der Waals surface area contributed by atoms with Gasteiger partial charge in [0, 0.05) is 13.1 Å². The van der Waals surface area contributed by atoms with E-state index in [9.17, 15) is 9.59 Å². The molecule has 1 aliphatic heterocycles. The Hall–Kier alpha value is -1.49. The van der Waals surface area contributed by atoms with Gasteiger partial charge in [-0.2, -0.15) is 0 Å². The number of likely N-dealkylation sites (tertiary alicyclic amines) is 1. The summed E-state index contributed by atoms with van der Waals surface area (Å²) >= 11 is 5.74. The van der Waals surface area contributed by atoms with E-state index in [0.717, 1.165) is 0 Å². The van der Waals surface area contributed by atoms with Crippen molar-refractivity contribution in [3.8, 4) is 0 Å². The van der Waals surface area contributed by atoms with E-state index in [4.69, 9.17) is 21.8 Å². The number of primary amides is 1. The third-order valence-corrected chi connectivity index (χ3v) is 3.50. The van der Waals surface area contributed by atoms with Crippen molar-refractivity contribution in [1.29, 1.82) is 0 Å². The molecule has 1 unspecified atom stereocenters. The fraction of sp³-hybridized carbons (Fsp3) is 0.455. The van der Waals surface area contributed by atoms with Crippen LogP contribution in [-0.4, -0.2) is 29.8 Å². The molecular formula is C11H13ClN2O3. The quantitative estimate of drug-likeness (QED) is 0.866. The molecule has 2 heterocycles. The van der Waals surface area contributed by atoms with Crippen molar-refractivity contribution in [2.45, 2.75) is 13.3 Å². The van der Waals surface area contributed by atoms with Crippen molar-refractivity contribution >= 4 is 23.4 Å². The first-order chi connectivity index (χ1) is 7.94. The van der Waals surface area contributed by atoms with Crippen LogP contribution in [0.2, 0.25) is 5.22 Å². The zero-order valence-corrected chi connectivity index (χ0v) is 10.2. The Morgan fingerprint density at radius 1 is 1.59 bits per heavy atom. The molecule has 1 saturated heterocycles. The summed E-state index contributed by atoms with van der Waals surface area (Å²) in [5.74, 6) is -0.611. The number of nitrogens with two attached hydrogens (primary N) is 1. The molecular weight excluding hydrogens is 244 g/mol. The Balaban J connectivity index is 2.15. The number of hydrogen-bond donors (Lipinski definition) is 1. The standard InChI is InChI=1S/C11H13ClN2O3/c1-11(10(13)16)3-4-14(6-11)9(15)7-2-5-17-8(7)12/h2,5H,3-4,6H2,1H3,(H2,13,16). The molecule has 1 aromatic heterocycles. The number of amides is 2. The Morgan fingerprint density at radius 2 is 2.29 bits per heavy atom. The fourth-order valence-electron chi connectivity index (χ4n) is 1.95. The Morgan fingerprint density at radius 3 is 2.76 bits per heavy atom. The van der Waals surface area contributed by atoms with Gasteiger partial charge in [-0.3, -0.25) is 9.59 Å². The lowest BCUT2D eigenvalue weighted by Crippen LogP contribution is -2.38. The monoisotopic (exact) mass is 256 g/mol. The minimum Gasteiger partial charge on any atom is -0.452 e. The molecule has 0 radical (unpaired) electrons. The maximum absolute atomic E-state index is 12.1. The van der Waals surface area contributed by atoms with Gasteiger partial charge in [0.05, 0.1) is 17.2 Å². The fourth-order valence-corrected chi connectivity index (χ4v) is 2.15. The van der Waals surface area contributed by atoms with Crippen molar-refractivity contribution in [3.63, 3.8) is 0 Å². The Bertz CT molecular complexity index is 471. The van der Waals surface area contributed by atoms with Gasteiger partial charge in [-0.25, -0.2) is 0 Å². The first-order valence-corrected chi connectivity index (χ1v) is 5.64. The summed E-state index contributed by atoms with van der Waals surface area (Å²) < 4.78 is 4.87. The molecule has 17 heavy (non-hydrogen) atoms. The van der Waals surface area contributed by atoms with Crippen LogP contribution in [0.1, 0.15) is 23.7 Å². The lowest BCUT2D eigenvalue weighted by Gasteiger charge is -2.20. The average molecular weight is 257 g/mol. The number of rotatable bonds is 2. The van der Waals surface area contributed by atoms with Crippen molar-refractivity contribution in [3.05, 3.63) is 23.1 Å². The van der Waals surface area contributed by atoms with Gasteiger partial charge in [-0.1, -0.05) is 0 Å². The summed E-state index contributed by atoms with van der Waals surface area (Å²) in [4.78, 5) is 24.9. The third kappa shape index (κ3) is 2.02.